The summed E-state index contributed by atoms with van der Waals surface area (Å²) in [6, 6.07) is 15.4. The summed E-state index contributed by atoms with van der Waals surface area (Å²) in [4.78, 5) is 12.5. The molecule has 4 rings (SSSR count). The molecule has 132 valence electrons. The summed E-state index contributed by atoms with van der Waals surface area (Å²) in [5.74, 6) is 1.29. The standard InChI is InChI=1S/C19H18ClN5O/c1-12(13-7-9-14(20)10-8-13)21-11-17-22-23-19-24(2)18(26)15-5-3-4-6-16(15)25(17)19/h3-10,12,21H,11H2,1-2H3. The van der Waals surface area contributed by atoms with Gasteiger partial charge in [-0.1, -0.05) is 35.9 Å². The zero-order valence-corrected chi connectivity index (χ0v) is 15.2. The van der Waals surface area contributed by atoms with Crippen LogP contribution in [0.1, 0.15) is 24.4 Å². The fourth-order valence-corrected chi connectivity index (χ4v) is 3.25. The zero-order valence-electron chi connectivity index (χ0n) is 14.5. The van der Waals surface area contributed by atoms with Crippen LogP contribution in [0.25, 0.3) is 16.7 Å². The summed E-state index contributed by atoms with van der Waals surface area (Å²) in [6.45, 7) is 2.60. The summed E-state index contributed by atoms with van der Waals surface area (Å²) in [6.07, 6.45) is 0. The summed E-state index contributed by atoms with van der Waals surface area (Å²) in [7, 11) is 1.71. The topological polar surface area (TPSA) is 64.2 Å². The molecule has 0 radical (unpaired) electrons. The number of halogens is 1. The minimum Gasteiger partial charge on any atom is -0.303 e. The number of rotatable bonds is 4. The number of aromatic nitrogens is 4. The molecule has 1 atom stereocenters. The Morgan fingerprint density at radius 2 is 1.85 bits per heavy atom. The molecule has 2 heterocycles. The molecular weight excluding hydrogens is 350 g/mol. The van der Waals surface area contributed by atoms with E-state index in [1.807, 2.05) is 52.9 Å². The maximum atomic E-state index is 12.5. The van der Waals surface area contributed by atoms with Crippen LogP contribution >= 0.6 is 11.6 Å². The van der Waals surface area contributed by atoms with Gasteiger partial charge in [-0.05, 0) is 36.8 Å². The highest BCUT2D eigenvalue weighted by atomic mass is 35.5. The Bertz CT molecular complexity index is 1150. The van der Waals surface area contributed by atoms with E-state index in [0.717, 1.165) is 21.9 Å². The number of para-hydroxylation sites is 1. The quantitative estimate of drug-likeness (QED) is 0.602. The first-order valence-corrected chi connectivity index (χ1v) is 8.74. The maximum Gasteiger partial charge on any atom is 0.262 e. The molecule has 0 spiro atoms. The summed E-state index contributed by atoms with van der Waals surface area (Å²) < 4.78 is 3.46. The molecule has 0 bridgehead atoms. The smallest absolute Gasteiger partial charge is 0.262 e. The second kappa shape index (κ2) is 6.55. The maximum absolute atomic E-state index is 12.5. The van der Waals surface area contributed by atoms with Crippen LogP contribution in [0.2, 0.25) is 5.02 Å². The second-order valence-electron chi connectivity index (χ2n) is 6.29. The van der Waals surface area contributed by atoms with E-state index in [-0.39, 0.29) is 11.6 Å². The van der Waals surface area contributed by atoms with Gasteiger partial charge in [-0.2, -0.15) is 0 Å². The van der Waals surface area contributed by atoms with Crippen molar-refractivity contribution < 1.29 is 0 Å². The molecule has 26 heavy (non-hydrogen) atoms. The van der Waals surface area contributed by atoms with Gasteiger partial charge >= 0.3 is 0 Å². The Labute approximate surface area is 155 Å². The lowest BCUT2D eigenvalue weighted by atomic mass is 10.1. The largest absolute Gasteiger partial charge is 0.303 e. The van der Waals surface area contributed by atoms with Crippen molar-refractivity contribution in [3.05, 3.63) is 75.3 Å². The van der Waals surface area contributed by atoms with E-state index in [0.29, 0.717) is 17.7 Å². The first kappa shape index (κ1) is 16.8. The van der Waals surface area contributed by atoms with Crippen LogP contribution in [0.5, 0.6) is 0 Å². The molecule has 0 fully saturated rings. The van der Waals surface area contributed by atoms with Crippen LogP contribution < -0.4 is 10.9 Å². The number of hydrogen-bond acceptors (Lipinski definition) is 4. The number of nitrogens with zero attached hydrogens (tertiary/aromatic N) is 4. The average Bonchev–Trinajstić information content (AvgIpc) is 3.09. The molecule has 1 N–H and O–H groups in total. The highest BCUT2D eigenvalue weighted by Crippen LogP contribution is 2.18. The van der Waals surface area contributed by atoms with Crippen molar-refractivity contribution in [1.29, 1.82) is 0 Å². The summed E-state index contributed by atoms with van der Waals surface area (Å²) in [5.41, 5.74) is 1.88. The van der Waals surface area contributed by atoms with Gasteiger partial charge in [-0.25, -0.2) is 0 Å². The normalized spacial score (nSPS) is 12.7. The van der Waals surface area contributed by atoms with Crippen LogP contribution in [0.4, 0.5) is 0 Å². The fourth-order valence-electron chi connectivity index (χ4n) is 3.12. The van der Waals surface area contributed by atoms with Gasteiger partial charge in [0, 0.05) is 18.1 Å². The van der Waals surface area contributed by atoms with E-state index in [1.165, 1.54) is 4.57 Å². The Morgan fingerprint density at radius 3 is 2.62 bits per heavy atom. The molecule has 7 heteroatoms. The highest BCUT2D eigenvalue weighted by molar-refractivity contribution is 6.30. The van der Waals surface area contributed by atoms with Gasteiger partial charge in [0.25, 0.3) is 5.56 Å². The molecule has 0 saturated carbocycles. The van der Waals surface area contributed by atoms with Crippen molar-refractivity contribution in [1.82, 2.24) is 24.5 Å². The lowest BCUT2D eigenvalue weighted by Crippen LogP contribution is -2.22. The minimum atomic E-state index is -0.0745. The van der Waals surface area contributed by atoms with Crippen molar-refractivity contribution in [2.24, 2.45) is 7.05 Å². The lowest BCUT2D eigenvalue weighted by molar-refractivity contribution is 0.557. The Morgan fingerprint density at radius 1 is 1.12 bits per heavy atom. The Kier molecular flexibility index (Phi) is 4.22. The van der Waals surface area contributed by atoms with Gasteiger partial charge in [0.15, 0.2) is 5.82 Å². The van der Waals surface area contributed by atoms with Crippen molar-refractivity contribution in [2.75, 3.05) is 0 Å². The molecule has 4 aromatic rings. The highest BCUT2D eigenvalue weighted by Gasteiger charge is 2.15. The molecular formula is C19H18ClN5O. The van der Waals surface area contributed by atoms with E-state index < -0.39 is 0 Å². The van der Waals surface area contributed by atoms with Gasteiger partial charge in [0.2, 0.25) is 5.78 Å². The molecule has 0 aliphatic rings. The molecule has 0 aliphatic carbocycles. The molecule has 0 aliphatic heterocycles. The Hall–Kier alpha value is -2.70. The summed E-state index contributed by atoms with van der Waals surface area (Å²) >= 11 is 5.95. The lowest BCUT2D eigenvalue weighted by Gasteiger charge is -2.14. The first-order valence-electron chi connectivity index (χ1n) is 8.37. The van der Waals surface area contributed by atoms with Crippen LogP contribution in [0.3, 0.4) is 0 Å². The van der Waals surface area contributed by atoms with Crippen LogP contribution in [0, 0.1) is 0 Å². The van der Waals surface area contributed by atoms with Crippen LogP contribution in [0.15, 0.2) is 53.3 Å². The predicted octanol–water partition coefficient (Wildman–Crippen LogP) is 3.09. The van der Waals surface area contributed by atoms with Gasteiger partial charge in [0.1, 0.15) is 0 Å². The van der Waals surface area contributed by atoms with Crippen LogP contribution in [-0.2, 0) is 13.6 Å². The van der Waals surface area contributed by atoms with Gasteiger partial charge in [0.05, 0.1) is 17.4 Å². The Balaban J connectivity index is 1.71. The minimum absolute atomic E-state index is 0.0745. The number of benzene rings is 2. The van der Waals surface area contributed by atoms with Crippen molar-refractivity contribution in [2.45, 2.75) is 19.5 Å². The van der Waals surface area contributed by atoms with E-state index in [4.69, 9.17) is 11.6 Å². The average molecular weight is 368 g/mol. The first-order chi connectivity index (χ1) is 12.6. The van der Waals surface area contributed by atoms with Gasteiger partial charge < -0.3 is 5.32 Å². The number of aryl methyl sites for hydroxylation is 1. The third kappa shape index (κ3) is 2.77. The molecule has 1 unspecified atom stereocenters. The third-order valence-corrected chi connectivity index (χ3v) is 4.88. The van der Waals surface area contributed by atoms with E-state index in [9.17, 15) is 4.79 Å². The molecule has 2 aromatic heterocycles. The van der Waals surface area contributed by atoms with Gasteiger partial charge in [-0.15, -0.1) is 10.2 Å². The number of nitrogens with one attached hydrogen (secondary N) is 1. The summed E-state index contributed by atoms with van der Waals surface area (Å²) in [5, 5.41) is 13.3. The third-order valence-electron chi connectivity index (χ3n) is 4.63. The van der Waals surface area contributed by atoms with Gasteiger partial charge in [-0.3, -0.25) is 13.8 Å². The number of hydrogen-bond donors (Lipinski definition) is 1. The molecule has 0 amide bonds. The van der Waals surface area contributed by atoms with E-state index >= 15 is 0 Å². The van der Waals surface area contributed by atoms with E-state index in [2.05, 4.69) is 22.4 Å². The van der Waals surface area contributed by atoms with Crippen molar-refractivity contribution in [3.63, 3.8) is 0 Å². The fraction of sp³-hybridized carbons (Fsp3) is 0.211. The monoisotopic (exact) mass is 367 g/mol. The van der Waals surface area contributed by atoms with Crippen molar-refractivity contribution >= 4 is 28.3 Å². The molecule has 2 aromatic carbocycles. The molecule has 6 nitrogen and oxygen atoms in total. The van der Waals surface area contributed by atoms with E-state index in [1.54, 1.807) is 7.05 Å². The van der Waals surface area contributed by atoms with Crippen LogP contribution in [-0.4, -0.2) is 19.2 Å². The van der Waals surface area contributed by atoms with Crippen molar-refractivity contribution in [3.8, 4) is 0 Å². The predicted molar refractivity (Wildman–Crippen MR) is 102 cm³/mol. The number of fused-ring (bicyclic) bond motifs is 3. The molecule has 0 saturated heterocycles. The zero-order chi connectivity index (χ0) is 18.3. The second-order valence-corrected chi connectivity index (χ2v) is 6.72. The SMILES string of the molecule is CC(NCc1nnc2n(C)c(=O)c3ccccc3n12)c1ccc(Cl)cc1.